The first-order valence-corrected chi connectivity index (χ1v) is 47.3. The first-order valence-electron chi connectivity index (χ1n) is 44.3. The highest BCUT2D eigenvalue weighted by Crippen LogP contribution is 2.45. The van der Waals surface area contributed by atoms with Crippen LogP contribution in [0.15, 0.2) is 0 Å². The summed E-state index contributed by atoms with van der Waals surface area (Å²) in [7, 11) is -9.93. The van der Waals surface area contributed by atoms with Gasteiger partial charge in [0.25, 0.3) is 0 Å². The number of unbranched alkanes of at least 4 members (excludes halogenated alkanes) is 47. The van der Waals surface area contributed by atoms with Gasteiger partial charge in [0.15, 0.2) is 12.2 Å². The third-order valence-electron chi connectivity index (χ3n) is 20.8. The Labute approximate surface area is 645 Å². The van der Waals surface area contributed by atoms with E-state index in [9.17, 15) is 43.2 Å². The Kier molecular flexibility index (Phi) is 73.4. The molecule has 0 amide bonds. The summed E-state index contributed by atoms with van der Waals surface area (Å²) in [6.45, 7) is 14.3. The van der Waals surface area contributed by atoms with Crippen LogP contribution in [0, 0.1) is 23.7 Å². The molecule has 0 saturated carbocycles. The van der Waals surface area contributed by atoms with Crippen LogP contribution in [0.1, 0.15) is 447 Å². The van der Waals surface area contributed by atoms with Gasteiger partial charge in [0.2, 0.25) is 0 Å². The predicted octanol–water partition coefficient (Wildman–Crippen LogP) is 25.9. The monoisotopic (exact) mass is 1540 g/mol. The lowest BCUT2D eigenvalue weighted by atomic mass is 9.99. The van der Waals surface area contributed by atoms with Crippen LogP contribution in [0.2, 0.25) is 0 Å². The number of ether oxygens (including phenoxy) is 4. The van der Waals surface area contributed by atoms with Crippen molar-refractivity contribution in [1.82, 2.24) is 0 Å². The zero-order valence-electron chi connectivity index (χ0n) is 69.4. The fraction of sp³-hybridized carbons (Fsp3) is 0.953. The number of hydrogen-bond acceptors (Lipinski definition) is 15. The number of esters is 4. The minimum absolute atomic E-state index is 0.106. The van der Waals surface area contributed by atoms with Crippen molar-refractivity contribution in [3.8, 4) is 0 Å². The standard InChI is InChI=1S/C86H168O17P2/c1-9-78(7)64-56-48-40-32-26-22-18-13-11-12-14-20-24-28-35-43-52-60-68-85(90)103-82(73-97-84(89)67-59-51-45-37-39-47-55-63-77(5)6)75-101-105(94,95)99-71-80(87)70-98-104(92,93)100-74-81(102-86(91)69-61-53-44-36-30-29-33-41-49-57-65-79(8)10-2)72-96-83(88)66-58-50-42-34-27-23-19-16-15-17-21-25-31-38-46-54-62-76(3)4/h76-82,87H,9-75H2,1-8H3,(H,92,93)(H,94,95)/t78?,79?,80?,81-,82-/m1/s1. The Morgan fingerprint density at radius 1 is 0.267 bits per heavy atom. The molecule has 0 aromatic carbocycles. The highest BCUT2D eigenvalue weighted by atomic mass is 31.2. The molecule has 0 aliphatic rings. The van der Waals surface area contributed by atoms with Crippen molar-refractivity contribution in [2.45, 2.75) is 465 Å². The molecule has 105 heavy (non-hydrogen) atoms. The van der Waals surface area contributed by atoms with E-state index >= 15 is 0 Å². The molecular weight excluding hydrogens is 1370 g/mol. The highest BCUT2D eigenvalue weighted by molar-refractivity contribution is 7.47. The lowest BCUT2D eigenvalue weighted by molar-refractivity contribution is -0.161. The lowest BCUT2D eigenvalue weighted by Crippen LogP contribution is -2.30. The molecule has 17 nitrogen and oxygen atoms in total. The van der Waals surface area contributed by atoms with Gasteiger partial charge in [-0.2, -0.15) is 0 Å². The summed E-state index contributed by atoms with van der Waals surface area (Å²) < 4.78 is 68.9. The van der Waals surface area contributed by atoms with E-state index in [4.69, 9.17) is 37.0 Å². The van der Waals surface area contributed by atoms with E-state index < -0.39 is 97.5 Å². The van der Waals surface area contributed by atoms with Crippen LogP contribution in [-0.4, -0.2) is 96.7 Å². The number of carbonyl (C=O) groups is 4. The number of hydrogen-bond donors (Lipinski definition) is 3. The summed E-state index contributed by atoms with van der Waals surface area (Å²) in [6, 6.07) is 0. The molecule has 0 rings (SSSR count). The molecule has 0 aliphatic heterocycles. The van der Waals surface area contributed by atoms with Gasteiger partial charge in [-0.3, -0.25) is 37.3 Å². The Hall–Kier alpha value is -1.94. The van der Waals surface area contributed by atoms with Crippen LogP contribution in [-0.2, 0) is 65.4 Å². The molecule has 7 atom stereocenters. The zero-order chi connectivity index (χ0) is 77.4. The van der Waals surface area contributed by atoms with Gasteiger partial charge in [-0.15, -0.1) is 0 Å². The molecule has 0 bridgehead atoms. The second kappa shape index (κ2) is 74.8. The minimum Gasteiger partial charge on any atom is -0.462 e. The van der Waals surface area contributed by atoms with Gasteiger partial charge >= 0.3 is 39.5 Å². The molecular formula is C86H168O17P2. The van der Waals surface area contributed by atoms with E-state index in [0.29, 0.717) is 31.6 Å². The van der Waals surface area contributed by atoms with Crippen molar-refractivity contribution < 1.29 is 80.2 Å². The highest BCUT2D eigenvalue weighted by Gasteiger charge is 2.31. The molecule has 0 aromatic heterocycles. The molecule has 19 heteroatoms. The summed E-state index contributed by atoms with van der Waals surface area (Å²) >= 11 is 0. The molecule has 0 fully saturated rings. The Morgan fingerprint density at radius 2 is 0.457 bits per heavy atom. The van der Waals surface area contributed by atoms with Crippen molar-refractivity contribution in [3.63, 3.8) is 0 Å². The van der Waals surface area contributed by atoms with Gasteiger partial charge in [-0.25, -0.2) is 9.13 Å². The van der Waals surface area contributed by atoms with E-state index in [-0.39, 0.29) is 25.7 Å². The van der Waals surface area contributed by atoms with Gasteiger partial charge in [0.05, 0.1) is 26.4 Å². The van der Waals surface area contributed by atoms with E-state index in [1.54, 1.807) is 0 Å². The molecule has 0 aliphatic carbocycles. The van der Waals surface area contributed by atoms with Gasteiger partial charge in [0.1, 0.15) is 19.3 Å². The number of aliphatic hydroxyl groups is 1. The van der Waals surface area contributed by atoms with Crippen molar-refractivity contribution in [2.24, 2.45) is 23.7 Å². The minimum atomic E-state index is -4.96. The summed E-state index contributed by atoms with van der Waals surface area (Å²) in [5, 5.41) is 10.7. The molecule has 0 saturated heterocycles. The third kappa shape index (κ3) is 77.2. The molecule has 5 unspecified atom stereocenters. The maximum absolute atomic E-state index is 13.1. The summed E-state index contributed by atoms with van der Waals surface area (Å²) in [6.07, 6.45) is 63.9. The van der Waals surface area contributed by atoms with Gasteiger partial charge in [0, 0.05) is 25.7 Å². The van der Waals surface area contributed by atoms with E-state index in [2.05, 4.69) is 55.4 Å². The predicted molar refractivity (Wildman–Crippen MR) is 432 cm³/mol. The average Bonchev–Trinajstić information content (AvgIpc) is 0.910. The maximum atomic E-state index is 13.1. The molecule has 0 spiro atoms. The molecule has 3 N–H and O–H groups in total. The first-order chi connectivity index (χ1) is 50.7. The largest absolute Gasteiger partial charge is 0.472 e. The van der Waals surface area contributed by atoms with Crippen LogP contribution >= 0.6 is 15.6 Å². The van der Waals surface area contributed by atoms with E-state index in [0.717, 1.165) is 114 Å². The smallest absolute Gasteiger partial charge is 0.462 e. The van der Waals surface area contributed by atoms with Crippen molar-refractivity contribution >= 4 is 39.5 Å². The topological polar surface area (TPSA) is 237 Å². The molecule has 624 valence electrons. The second-order valence-electron chi connectivity index (χ2n) is 32.4. The Bertz CT molecular complexity index is 2050. The van der Waals surface area contributed by atoms with Gasteiger partial charge < -0.3 is 33.8 Å². The summed E-state index contributed by atoms with van der Waals surface area (Å²) in [4.78, 5) is 73.2. The summed E-state index contributed by atoms with van der Waals surface area (Å²) in [5.41, 5.74) is 0. The lowest BCUT2D eigenvalue weighted by Gasteiger charge is -2.21. The van der Waals surface area contributed by atoms with Crippen molar-refractivity contribution in [3.05, 3.63) is 0 Å². The van der Waals surface area contributed by atoms with Crippen molar-refractivity contribution in [1.29, 1.82) is 0 Å². The van der Waals surface area contributed by atoms with Crippen LogP contribution in [0.3, 0.4) is 0 Å². The fourth-order valence-corrected chi connectivity index (χ4v) is 14.8. The number of phosphoric acid groups is 2. The molecule has 0 heterocycles. The van der Waals surface area contributed by atoms with Gasteiger partial charge in [-0.05, 0) is 49.4 Å². The fourth-order valence-electron chi connectivity index (χ4n) is 13.3. The van der Waals surface area contributed by atoms with Gasteiger partial charge in [-0.1, -0.05) is 396 Å². The van der Waals surface area contributed by atoms with Crippen LogP contribution in [0.4, 0.5) is 0 Å². The Balaban J connectivity index is 5.19. The quantitative estimate of drug-likeness (QED) is 0.0222. The van der Waals surface area contributed by atoms with Crippen LogP contribution in [0.5, 0.6) is 0 Å². The zero-order valence-corrected chi connectivity index (χ0v) is 71.2. The summed E-state index contributed by atoms with van der Waals surface area (Å²) in [5.74, 6) is 1.08. The first kappa shape index (κ1) is 103. The second-order valence-corrected chi connectivity index (χ2v) is 35.3. The molecule has 0 radical (unpaired) electrons. The van der Waals surface area contributed by atoms with Crippen molar-refractivity contribution in [2.75, 3.05) is 39.6 Å². The Morgan fingerprint density at radius 3 is 0.676 bits per heavy atom. The third-order valence-corrected chi connectivity index (χ3v) is 22.7. The normalized spacial score (nSPS) is 14.4. The van der Waals surface area contributed by atoms with Crippen LogP contribution in [0.25, 0.3) is 0 Å². The van der Waals surface area contributed by atoms with E-state index in [1.165, 1.54) is 244 Å². The van der Waals surface area contributed by atoms with E-state index in [1.807, 2.05) is 0 Å². The maximum Gasteiger partial charge on any atom is 0.472 e. The molecule has 0 aromatic rings. The average molecular weight is 1540 g/mol. The SMILES string of the molecule is CCC(C)CCCCCCCCCCCCCCCCCCCCC(=O)O[C@H](COC(=O)CCCCCCCCCC(C)C)COP(=O)(O)OCC(O)COP(=O)(O)OC[C@@H](COC(=O)CCCCCCCCCCCCCCCCCCC(C)C)OC(=O)CCCCCCCCCCCCC(C)CC. The number of aliphatic hydroxyl groups excluding tert-OH is 1. The number of carbonyl (C=O) groups excluding carboxylic acids is 4. The number of rotatable bonds is 83. The van der Waals surface area contributed by atoms with Crippen LogP contribution < -0.4 is 0 Å². The number of phosphoric ester groups is 2.